The molecular weight excluding hydrogens is 296 g/mol. The van der Waals surface area contributed by atoms with Gasteiger partial charge >= 0.3 is 23.9 Å². The second kappa shape index (κ2) is 14.1. The Morgan fingerprint density at radius 2 is 0.750 bits per heavy atom. The molecule has 0 rings (SSSR count). The zero-order valence-corrected chi connectivity index (χ0v) is 10.6. The van der Waals surface area contributed by atoms with Gasteiger partial charge in [0.05, 0.1) is 0 Å². The zero-order valence-electron chi connectivity index (χ0n) is 9.79. The molecule has 0 unspecified atom stereocenters. The van der Waals surface area contributed by atoms with Crippen molar-refractivity contribution in [2.75, 3.05) is 0 Å². The molecule has 0 spiro atoms. The molecule has 0 aromatic rings. The number of thiocarbonyl (C=S) groups is 1. The first-order chi connectivity index (χ1) is 8.98. The van der Waals surface area contributed by atoms with E-state index in [4.69, 9.17) is 20.4 Å². The van der Waals surface area contributed by atoms with Crippen LogP contribution in [0, 0.1) is 0 Å². The van der Waals surface area contributed by atoms with Gasteiger partial charge in [0.25, 0.3) is 0 Å². The summed E-state index contributed by atoms with van der Waals surface area (Å²) >= 11 is 4.09. The summed E-state index contributed by atoms with van der Waals surface area (Å²) < 4.78 is 0. The Bertz CT molecular complexity index is 360. The quantitative estimate of drug-likeness (QED) is 0.263. The van der Waals surface area contributed by atoms with Gasteiger partial charge in [-0.15, -0.1) is 0 Å². The van der Waals surface area contributed by atoms with Crippen molar-refractivity contribution in [2.24, 2.45) is 11.5 Å². The highest BCUT2D eigenvalue weighted by atomic mass is 32.1. The van der Waals surface area contributed by atoms with Crippen LogP contribution in [0.4, 0.5) is 0 Å². The lowest BCUT2D eigenvalue weighted by molar-refractivity contribution is -0.134. The minimum Gasteiger partial charge on any atom is -0.478 e. The van der Waals surface area contributed by atoms with Crippen molar-refractivity contribution < 1.29 is 39.6 Å². The highest BCUT2D eigenvalue weighted by Gasteiger charge is 1.88. The average Bonchev–Trinajstić information content (AvgIpc) is 2.23. The first kappa shape index (κ1) is 22.2. The molecule has 112 valence electrons. The van der Waals surface area contributed by atoms with Gasteiger partial charge < -0.3 is 31.9 Å². The Kier molecular flexibility index (Phi) is 15.7. The van der Waals surface area contributed by atoms with Crippen LogP contribution in [0.2, 0.25) is 0 Å². The normalized spacial score (nSPS) is 8.80. The molecule has 0 amide bonds. The molecule has 0 bridgehead atoms. The van der Waals surface area contributed by atoms with E-state index in [9.17, 15) is 19.2 Å². The molecule has 0 atom stereocenters. The van der Waals surface area contributed by atoms with Crippen LogP contribution in [-0.4, -0.2) is 49.4 Å². The fourth-order valence-electron chi connectivity index (χ4n) is 0.285. The average molecular weight is 308 g/mol. The Balaban J connectivity index is -0.000000230. The summed E-state index contributed by atoms with van der Waals surface area (Å²) in [5.74, 6) is -5.03. The molecule has 0 aromatic heterocycles. The smallest absolute Gasteiger partial charge is 0.328 e. The Morgan fingerprint density at radius 3 is 0.800 bits per heavy atom. The molecule has 20 heavy (non-hydrogen) atoms. The van der Waals surface area contributed by atoms with Crippen LogP contribution in [0.15, 0.2) is 24.3 Å². The standard InChI is InChI=1S/2C4H4O4.CH4N2S/c2*5-3(6)1-2-4(7)8;2-1(3)4/h2*1-2H,(H,5,6)(H,7,8);(H4,2,3,4)/b2*2-1+;. The van der Waals surface area contributed by atoms with Gasteiger partial charge in [0.1, 0.15) is 0 Å². The number of carboxylic acids is 4. The molecule has 8 N–H and O–H groups in total. The van der Waals surface area contributed by atoms with Crippen molar-refractivity contribution in [1.29, 1.82) is 0 Å². The van der Waals surface area contributed by atoms with E-state index in [0.717, 1.165) is 0 Å². The largest absolute Gasteiger partial charge is 0.478 e. The van der Waals surface area contributed by atoms with Gasteiger partial charge in [-0.1, -0.05) is 0 Å². The summed E-state index contributed by atoms with van der Waals surface area (Å²) in [6, 6.07) is 0. The van der Waals surface area contributed by atoms with Crippen molar-refractivity contribution in [1.82, 2.24) is 0 Å². The van der Waals surface area contributed by atoms with E-state index >= 15 is 0 Å². The van der Waals surface area contributed by atoms with E-state index < -0.39 is 23.9 Å². The maximum atomic E-state index is 9.55. The maximum Gasteiger partial charge on any atom is 0.328 e. The van der Waals surface area contributed by atoms with Gasteiger partial charge in [-0.2, -0.15) is 0 Å². The lowest BCUT2D eigenvalue weighted by atomic mass is 10.5. The van der Waals surface area contributed by atoms with E-state index in [1.807, 2.05) is 0 Å². The fraction of sp³-hybridized carbons (Fsp3) is 0. The zero-order chi connectivity index (χ0) is 16.7. The third-order valence-electron chi connectivity index (χ3n) is 0.737. The van der Waals surface area contributed by atoms with Crippen molar-refractivity contribution >= 4 is 41.2 Å². The maximum absolute atomic E-state index is 9.55. The number of carbonyl (C=O) groups is 4. The van der Waals surface area contributed by atoms with Gasteiger partial charge in [0.2, 0.25) is 0 Å². The highest BCUT2D eigenvalue weighted by molar-refractivity contribution is 7.80. The molecule has 0 saturated carbocycles. The molecule has 0 saturated heterocycles. The summed E-state index contributed by atoms with van der Waals surface area (Å²) in [4.78, 5) is 38.2. The lowest BCUT2D eigenvalue weighted by Gasteiger charge is -1.74. The van der Waals surface area contributed by atoms with Crippen LogP contribution in [-0.2, 0) is 19.2 Å². The molecule has 0 radical (unpaired) electrons. The predicted octanol–water partition coefficient (Wildman–Crippen LogP) is -1.39. The van der Waals surface area contributed by atoms with Gasteiger partial charge in [-0.05, 0) is 12.2 Å². The minimum atomic E-state index is -1.26. The van der Waals surface area contributed by atoms with Gasteiger partial charge in [-0.3, -0.25) is 0 Å². The van der Waals surface area contributed by atoms with Gasteiger partial charge in [0.15, 0.2) is 5.11 Å². The number of nitrogens with two attached hydrogens (primary N) is 2. The first-order valence-corrected chi connectivity index (χ1v) is 4.72. The Labute approximate surface area is 117 Å². The van der Waals surface area contributed by atoms with Crippen LogP contribution in [0.5, 0.6) is 0 Å². The molecule has 0 heterocycles. The molecule has 11 heteroatoms. The fourth-order valence-corrected chi connectivity index (χ4v) is 0.285. The lowest BCUT2D eigenvalue weighted by Crippen LogP contribution is -2.18. The topological polar surface area (TPSA) is 201 Å². The predicted molar refractivity (Wildman–Crippen MR) is 69.8 cm³/mol. The first-order valence-electron chi connectivity index (χ1n) is 4.31. The van der Waals surface area contributed by atoms with Crippen LogP contribution >= 0.6 is 12.2 Å². The Morgan fingerprint density at radius 1 is 0.650 bits per heavy atom. The highest BCUT2D eigenvalue weighted by Crippen LogP contribution is 1.71. The molecule has 10 nitrogen and oxygen atoms in total. The SMILES string of the molecule is NC(N)=S.O=C(O)/C=C/C(=O)O.O=C(O)/C=C/C(=O)O. The second-order valence-corrected chi connectivity index (χ2v) is 2.89. The molecular formula is C9H12N2O8S. The number of rotatable bonds is 4. The van der Waals surface area contributed by atoms with Crippen LogP contribution in [0.25, 0.3) is 0 Å². The van der Waals surface area contributed by atoms with Gasteiger partial charge in [-0.25, -0.2) is 19.2 Å². The minimum absolute atomic E-state index is 0.000000000000000222. The summed E-state index contributed by atoms with van der Waals surface area (Å²) in [6.45, 7) is 0. The van der Waals surface area contributed by atoms with E-state index in [1.165, 1.54) is 0 Å². The summed E-state index contributed by atoms with van der Waals surface area (Å²) in [5.41, 5.74) is 9.24. The third kappa shape index (κ3) is 59.8. The van der Waals surface area contributed by atoms with Crippen molar-refractivity contribution in [3.8, 4) is 0 Å². The summed E-state index contributed by atoms with van der Waals surface area (Å²) in [6.07, 6.45) is 2.23. The summed E-state index contributed by atoms with van der Waals surface area (Å²) in [7, 11) is 0. The Hall–Kier alpha value is -2.95. The number of aliphatic carboxylic acids is 4. The second-order valence-electron chi connectivity index (χ2n) is 2.42. The molecule has 0 aliphatic heterocycles. The number of hydrogen-bond donors (Lipinski definition) is 6. The summed E-state index contributed by atoms with van der Waals surface area (Å²) in [5, 5.41) is 31.2. The molecule has 0 aliphatic carbocycles. The van der Waals surface area contributed by atoms with Crippen molar-refractivity contribution in [2.45, 2.75) is 0 Å². The van der Waals surface area contributed by atoms with E-state index in [0.29, 0.717) is 24.3 Å². The van der Waals surface area contributed by atoms with E-state index in [1.54, 1.807) is 0 Å². The van der Waals surface area contributed by atoms with Crippen molar-refractivity contribution in [3.05, 3.63) is 24.3 Å². The monoisotopic (exact) mass is 308 g/mol. The number of hydrogen-bond acceptors (Lipinski definition) is 5. The van der Waals surface area contributed by atoms with Crippen LogP contribution in [0.1, 0.15) is 0 Å². The van der Waals surface area contributed by atoms with Crippen molar-refractivity contribution in [3.63, 3.8) is 0 Å². The molecule has 0 fully saturated rings. The third-order valence-corrected chi connectivity index (χ3v) is 0.737. The van der Waals surface area contributed by atoms with Crippen LogP contribution in [0.3, 0.4) is 0 Å². The van der Waals surface area contributed by atoms with E-state index in [-0.39, 0.29) is 5.11 Å². The van der Waals surface area contributed by atoms with Crippen LogP contribution < -0.4 is 11.5 Å². The molecule has 0 aliphatic rings. The number of carboxylic acid groups (broad SMARTS) is 4. The molecule has 0 aromatic carbocycles. The van der Waals surface area contributed by atoms with Gasteiger partial charge in [0, 0.05) is 24.3 Å². The van der Waals surface area contributed by atoms with E-state index in [2.05, 4.69) is 23.7 Å².